The number of hydrogen-bond acceptors (Lipinski definition) is 7. The van der Waals surface area contributed by atoms with Crippen LogP contribution in [0.25, 0.3) is 17.2 Å². The van der Waals surface area contributed by atoms with Crippen molar-refractivity contribution in [3.63, 3.8) is 0 Å². The van der Waals surface area contributed by atoms with Crippen LogP contribution in [-0.4, -0.2) is 33.3 Å². The van der Waals surface area contributed by atoms with Crippen LogP contribution >= 0.6 is 34.9 Å². The number of thiophene rings is 2. The quantitative estimate of drug-likeness (QED) is 0.206. The van der Waals surface area contributed by atoms with Crippen molar-refractivity contribution in [1.82, 2.24) is 10.2 Å². The van der Waals surface area contributed by atoms with Crippen molar-refractivity contribution in [2.24, 2.45) is 0 Å². The molecule has 1 fully saturated rings. The molecule has 2 aromatic heterocycles. The van der Waals surface area contributed by atoms with Gasteiger partial charge < -0.3 is 0 Å². The zero-order valence-electron chi connectivity index (χ0n) is 13.1. The third-order valence-electron chi connectivity index (χ3n) is 3.62. The fourth-order valence-electron chi connectivity index (χ4n) is 2.42. The molecule has 0 unspecified atom stereocenters. The molecule has 0 radical (unpaired) electrons. The third-order valence-corrected chi connectivity index (χ3v) is 5.43. The number of nitrogens with zero attached hydrogens (tertiary/aromatic N) is 2. The maximum atomic E-state index is 12.6. The number of nitrogens with one attached hydrogen (secondary N) is 1. The monoisotopic (exact) mass is 405 g/mol. The van der Waals surface area contributed by atoms with Gasteiger partial charge in [0.05, 0.1) is 15.9 Å². The minimum Gasteiger partial charge on any atom is -0.298 e. The van der Waals surface area contributed by atoms with Crippen molar-refractivity contribution in [2.75, 3.05) is 6.54 Å². The molecule has 10 heteroatoms. The Morgan fingerprint density at radius 1 is 1.23 bits per heavy atom. The first-order chi connectivity index (χ1) is 12.4. The number of carbonyl (C=O) groups is 2. The standard InChI is InChI=1S/C16H11N3O4S3/c1-2-3-18-15(21)10(14(20)17-16(18)24)4-9-5-25-6-11(9)12-7-26-8-13(12)19(22)23/h2,4-8H,1,3H2,(H,17,20,24)/b10-4-. The average molecular weight is 405 g/mol. The number of carbonyl (C=O) groups excluding carboxylic acids is 2. The molecule has 26 heavy (non-hydrogen) atoms. The lowest BCUT2D eigenvalue weighted by Crippen LogP contribution is -2.53. The van der Waals surface area contributed by atoms with Gasteiger partial charge in [-0.2, -0.15) is 11.3 Å². The molecule has 1 N–H and O–H groups in total. The second kappa shape index (κ2) is 7.28. The maximum absolute atomic E-state index is 12.6. The van der Waals surface area contributed by atoms with Crippen LogP contribution in [0.2, 0.25) is 0 Å². The van der Waals surface area contributed by atoms with Gasteiger partial charge in [-0.25, -0.2) is 0 Å². The van der Waals surface area contributed by atoms with Gasteiger partial charge in [0.2, 0.25) is 0 Å². The largest absolute Gasteiger partial charge is 0.298 e. The molecule has 1 saturated heterocycles. The van der Waals surface area contributed by atoms with Crippen molar-refractivity contribution in [3.05, 3.63) is 55.4 Å². The van der Waals surface area contributed by atoms with Crippen LogP contribution in [0.3, 0.4) is 0 Å². The van der Waals surface area contributed by atoms with Crippen LogP contribution in [0.4, 0.5) is 5.69 Å². The summed E-state index contributed by atoms with van der Waals surface area (Å²) in [6.07, 6.45) is 2.94. The van der Waals surface area contributed by atoms with Crippen molar-refractivity contribution in [2.45, 2.75) is 0 Å². The Morgan fingerprint density at radius 3 is 2.62 bits per heavy atom. The van der Waals surface area contributed by atoms with Crippen LogP contribution in [-0.2, 0) is 9.59 Å². The summed E-state index contributed by atoms with van der Waals surface area (Å²) in [5, 5.41) is 20.3. The molecule has 0 aliphatic carbocycles. The topological polar surface area (TPSA) is 92.6 Å². The summed E-state index contributed by atoms with van der Waals surface area (Å²) in [7, 11) is 0. The van der Waals surface area contributed by atoms with Crippen LogP contribution < -0.4 is 5.32 Å². The van der Waals surface area contributed by atoms with E-state index in [9.17, 15) is 19.7 Å². The number of nitro groups is 1. The molecular weight excluding hydrogens is 394 g/mol. The first-order valence-corrected chi connectivity index (χ1v) is 9.50. The molecule has 132 valence electrons. The zero-order chi connectivity index (χ0) is 18.8. The van der Waals surface area contributed by atoms with E-state index in [-0.39, 0.29) is 22.9 Å². The summed E-state index contributed by atoms with van der Waals surface area (Å²) in [5.74, 6) is -1.13. The van der Waals surface area contributed by atoms with Crippen molar-refractivity contribution in [1.29, 1.82) is 0 Å². The van der Waals surface area contributed by atoms with Crippen molar-refractivity contribution >= 4 is 63.6 Å². The molecule has 2 aromatic rings. The highest BCUT2D eigenvalue weighted by atomic mass is 32.1. The molecule has 1 aliphatic heterocycles. The SMILES string of the molecule is C=CCN1C(=O)/C(=C\c2cscc2-c2cscc2[N+](=O)[O-])C(=O)NC1=S. The lowest BCUT2D eigenvalue weighted by molar-refractivity contribution is -0.383. The Labute approximate surface area is 161 Å². The Bertz CT molecular complexity index is 973. The highest BCUT2D eigenvalue weighted by Crippen LogP contribution is 2.38. The smallest absolute Gasteiger partial charge is 0.287 e. The van der Waals surface area contributed by atoms with E-state index in [1.807, 2.05) is 0 Å². The summed E-state index contributed by atoms with van der Waals surface area (Å²) >= 11 is 7.55. The number of rotatable bonds is 5. The summed E-state index contributed by atoms with van der Waals surface area (Å²) in [5.41, 5.74) is 1.51. The second-order valence-corrected chi connectivity index (χ2v) is 7.06. The first kappa shape index (κ1) is 18.1. The Kier molecular flexibility index (Phi) is 5.07. The van der Waals surface area contributed by atoms with E-state index in [4.69, 9.17) is 12.2 Å². The fourth-order valence-corrected chi connectivity index (χ4v) is 4.27. The second-order valence-electron chi connectivity index (χ2n) is 5.19. The molecule has 1 aliphatic rings. The summed E-state index contributed by atoms with van der Waals surface area (Å²) in [6, 6.07) is 0. The molecule has 0 atom stereocenters. The maximum Gasteiger partial charge on any atom is 0.287 e. The van der Waals surface area contributed by atoms with E-state index in [2.05, 4.69) is 11.9 Å². The van der Waals surface area contributed by atoms with Gasteiger partial charge in [0.15, 0.2) is 5.11 Å². The Balaban J connectivity index is 2.04. The normalized spacial score (nSPS) is 16.1. The van der Waals surface area contributed by atoms with E-state index in [1.165, 1.54) is 45.1 Å². The lowest BCUT2D eigenvalue weighted by atomic mass is 10.0. The summed E-state index contributed by atoms with van der Waals surface area (Å²) in [4.78, 5) is 36.8. The predicted octanol–water partition coefficient (Wildman–Crippen LogP) is 3.20. The van der Waals surface area contributed by atoms with Crippen LogP contribution in [0.15, 0.2) is 39.7 Å². The molecule has 0 bridgehead atoms. The predicted molar refractivity (Wildman–Crippen MR) is 105 cm³/mol. The van der Waals surface area contributed by atoms with Gasteiger partial charge in [-0.15, -0.1) is 17.9 Å². The van der Waals surface area contributed by atoms with Gasteiger partial charge in [0, 0.05) is 17.5 Å². The molecule has 3 rings (SSSR count). The molecule has 0 saturated carbocycles. The highest BCUT2D eigenvalue weighted by Gasteiger charge is 2.33. The number of thiocarbonyl (C=S) groups is 1. The minimum atomic E-state index is -0.600. The van der Waals surface area contributed by atoms with E-state index in [0.29, 0.717) is 16.7 Å². The molecule has 7 nitrogen and oxygen atoms in total. The van der Waals surface area contributed by atoms with Crippen molar-refractivity contribution < 1.29 is 14.5 Å². The number of hydrogen-bond donors (Lipinski definition) is 1. The average Bonchev–Trinajstić information content (AvgIpc) is 3.23. The fraction of sp³-hybridized carbons (Fsp3) is 0.0625. The molecule has 0 spiro atoms. The van der Waals surface area contributed by atoms with Crippen LogP contribution in [0.1, 0.15) is 5.56 Å². The van der Waals surface area contributed by atoms with E-state index in [0.717, 1.165) is 0 Å². The van der Waals surface area contributed by atoms with Crippen LogP contribution in [0.5, 0.6) is 0 Å². The minimum absolute atomic E-state index is 0.0121. The van der Waals surface area contributed by atoms with E-state index >= 15 is 0 Å². The lowest BCUT2D eigenvalue weighted by Gasteiger charge is -2.27. The molecular formula is C16H11N3O4S3. The highest BCUT2D eigenvalue weighted by molar-refractivity contribution is 7.80. The van der Waals surface area contributed by atoms with Crippen LogP contribution in [0, 0.1) is 10.1 Å². The van der Waals surface area contributed by atoms with Gasteiger partial charge >= 0.3 is 0 Å². The van der Waals surface area contributed by atoms with E-state index < -0.39 is 16.7 Å². The van der Waals surface area contributed by atoms with Crippen molar-refractivity contribution in [3.8, 4) is 11.1 Å². The van der Waals surface area contributed by atoms with Gasteiger partial charge in [-0.3, -0.25) is 29.9 Å². The van der Waals surface area contributed by atoms with E-state index in [1.54, 1.807) is 16.1 Å². The van der Waals surface area contributed by atoms with Gasteiger partial charge in [0.25, 0.3) is 17.5 Å². The molecule has 2 amide bonds. The van der Waals surface area contributed by atoms with Gasteiger partial charge in [0.1, 0.15) is 5.57 Å². The summed E-state index contributed by atoms with van der Waals surface area (Å²) < 4.78 is 0. The molecule has 3 heterocycles. The first-order valence-electron chi connectivity index (χ1n) is 7.21. The summed E-state index contributed by atoms with van der Waals surface area (Å²) in [6.45, 7) is 3.74. The zero-order valence-corrected chi connectivity index (χ0v) is 15.6. The number of amides is 2. The van der Waals surface area contributed by atoms with Gasteiger partial charge in [-0.05, 0) is 34.6 Å². The Hall–Kier alpha value is -2.69. The molecule has 0 aromatic carbocycles. The third kappa shape index (κ3) is 3.21. The van der Waals surface area contributed by atoms with Gasteiger partial charge in [-0.1, -0.05) is 6.08 Å². The Morgan fingerprint density at radius 2 is 1.92 bits per heavy atom.